The maximum Gasteiger partial charge on any atom is 0.0757 e. The standard InChI is InChI=1S/C9H16O2/c1-3-8-4-5-9(11-8)6-7(2)10/h3,7-10H,1,4-6H2,2H3. The molecule has 0 saturated carbocycles. The van der Waals surface area contributed by atoms with E-state index in [0.717, 1.165) is 19.3 Å². The molecule has 64 valence electrons. The summed E-state index contributed by atoms with van der Waals surface area (Å²) in [6, 6.07) is 0. The van der Waals surface area contributed by atoms with Gasteiger partial charge in [0.15, 0.2) is 0 Å². The van der Waals surface area contributed by atoms with E-state index >= 15 is 0 Å². The third kappa shape index (κ3) is 2.64. The molecule has 0 aromatic rings. The molecule has 0 aromatic carbocycles. The number of rotatable bonds is 3. The van der Waals surface area contributed by atoms with E-state index in [-0.39, 0.29) is 18.3 Å². The number of hydrogen-bond donors (Lipinski definition) is 1. The summed E-state index contributed by atoms with van der Waals surface area (Å²) in [6.07, 6.45) is 4.93. The van der Waals surface area contributed by atoms with Gasteiger partial charge >= 0.3 is 0 Å². The third-order valence-electron chi connectivity index (χ3n) is 2.01. The lowest BCUT2D eigenvalue weighted by atomic mass is 10.1. The van der Waals surface area contributed by atoms with Crippen molar-refractivity contribution in [3.05, 3.63) is 12.7 Å². The molecule has 3 unspecified atom stereocenters. The first-order valence-electron chi connectivity index (χ1n) is 4.18. The summed E-state index contributed by atoms with van der Waals surface area (Å²) in [6.45, 7) is 5.47. The molecule has 2 heteroatoms. The molecule has 0 radical (unpaired) electrons. The fourth-order valence-corrected chi connectivity index (χ4v) is 1.46. The fourth-order valence-electron chi connectivity index (χ4n) is 1.46. The Bertz CT molecular complexity index is 132. The molecule has 11 heavy (non-hydrogen) atoms. The molecule has 0 amide bonds. The van der Waals surface area contributed by atoms with Gasteiger partial charge in [-0.05, 0) is 26.2 Å². The van der Waals surface area contributed by atoms with Gasteiger partial charge in [0.25, 0.3) is 0 Å². The summed E-state index contributed by atoms with van der Waals surface area (Å²) >= 11 is 0. The number of aliphatic hydroxyl groups excluding tert-OH is 1. The monoisotopic (exact) mass is 156 g/mol. The van der Waals surface area contributed by atoms with Gasteiger partial charge in [-0.15, -0.1) is 6.58 Å². The smallest absolute Gasteiger partial charge is 0.0757 e. The van der Waals surface area contributed by atoms with Gasteiger partial charge in [-0.25, -0.2) is 0 Å². The molecule has 1 rings (SSSR count). The van der Waals surface area contributed by atoms with Crippen LogP contribution in [0.15, 0.2) is 12.7 Å². The quantitative estimate of drug-likeness (QED) is 0.627. The predicted molar refractivity (Wildman–Crippen MR) is 44.4 cm³/mol. The first kappa shape index (κ1) is 8.75. The Morgan fingerprint density at radius 1 is 1.73 bits per heavy atom. The van der Waals surface area contributed by atoms with Crippen LogP contribution in [0.1, 0.15) is 26.2 Å². The van der Waals surface area contributed by atoms with Gasteiger partial charge in [0.1, 0.15) is 0 Å². The van der Waals surface area contributed by atoms with Gasteiger partial charge in [0.05, 0.1) is 18.3 Å². The predicted octanol–water partition coefficient (Wildman–Crippen LogP) is 1.49. The first-order chi connectivity index (χ1) is 5.22. The Hall–Kier alpha value is -0.340. The summed E-state index contributed by atoms with van der Waals surface area (Å²) in [5, 5.41) is 9.07. The van der Waals surface area contributed by atoms with Crippen molar-refractivity contribution in [3.63, 3.8) is 0 Å². The summed E-state index contributed by atoms with van der Waals surface area (Å²) in [4.78, 5) is 0. The zero-order valence-electron chi connectivity index (χ0n) is 6.99. The maximum atomic E-state index is 9.07. The van der Waals surface area contributed by atoms with Crippen LogP contribution in [0.2, 0.25) is 0 Å². The highest BCUT2D eigenvalue weighted by molar-refractivity contribution is 4.86. The van der Waals surface area contributed by atoms with Crippen LogP contribution in [0.5, 0.6) is 0 Å². The Kier molecular flexibility index (Phi) is 3.09. The van der Waals surface area contributed by atoms with Gasteiger partial charge in [0, 0.05) is 0 Å². The van der Waals surface area contributed by atoms with Gasteiger partial charge in [-0.3, -0.25) is 0 Å². The van der Waals surface area contributed by atoms with Crippen LogP contribution >= 0.6 is 0 Å². The molecule has 1 aliphatic rings. The van der Waals surface area contributed by atoms with E-state index in [9.17, 15) is 0 Å². The summed E-state index contributed by atoms with van der Waals surface area (Å²) in [7, 11) is 0. The molecule has 3 atom stereocenters. The highest BCUT2D eigenvalue weighted by Crippen LogP contribution is 2.23. The van der Waals surface area contributed by atoms with E-state index in [1.165, 1.54) is 0 Å². The lowest BCUT2D eigenvalue weighted by Gasteiger charge is -2.12. The van der Waals surface area contributed by atoms with Crippen molar-refractivity contribution in [2.75, 3.05) is 0 Å². The Morgan fingerprint density at radius 3 is 2.91 bits per heavy atom. The Labute approximate surface area is 67.9 Å². The second-order valence-corrected chi connectivity index (χ2v) is 3.19. The van der Waals surface area contributed by atoms with Gasteiger partial charge in [-0.2, -0.15) is 0 Å². The zero-order chi connectivity index (χ0) is 8.27. The van der Waals surface area contributed by atoms with Gasteiger partial charge < -0.3 is 9.84 Å². The molecule has 0 aliphatic carbocycles. The summed E-state index contributed by atoms with van der Waals surface area (Å²) < 4.78 is 5.54. The molecule has 1 aliphatic heterocycles. The van der Waals surface area contributed by atoms with E-state index in [4.69, 9.17) is 9.84 Å². The molecular formula is C9H16O2. The van der Waals surface area contributed by atoms with Crippen LogP contribution < -0.4 is 0 Å². The van der Waals surface area contributed by atoms with Crippen molar-refractivity contribution in [1.82, 2.24) is 0 Å². The average molecular weight is 156 g/mol. The minimum atomic E-state index is -0.247. The van der Waals surface area contributed by atoms with Crippen molar-refractivity contribution < 1.29 is 9.84 Å². The number of aliphatic hydroxyl groups is 1. The maximum absolute atomic E-state index is 9.07. The minimum absolute atomic E-state index is 0.221. The lowest BCUT2D eigenvalue weighted by molar-refractivity contribution is 0.0349. The molecular weight excluding hydrogens is 140 g/mol. The van der Waals surface area contributed by atoms with Crippen LogP contribution in [0.25, 0.3) is 0 Å². The van der Waals surface area contributed by atoms with Crippen molar-refractivity contribution in [2.45, 2.75) is 44.5 Å². The highest BCUT2D eigenvalue weighted by Gasteiger charge is 2.23. The lowest BCUT2D eigenvalue weighted by Crippen LogP contribution is -2.15. The van der Waals surface area contributed by atoms with Crippen LogP contribution in [-0.4, -0.2) is 23.4 Å². The SMILES string of the molecule is C=CC1CCC(CC(C)O)O1. The zero-order valence-corrected chi connectivity index (χ0v) is 6.99. The third-order valence-corrected chi connectivity index (χ3v) is 2.01. The van der Waals surface area contributed by atoms with E-state index in [1.54, 1.807) is 6.92 Å². The molecule has 0 spiro atoms. The molecule has 1 heterocycles. The van der Waals surface area contributed by atoms with Gasteiger partial charge in [-0.1, -0.05) is 6.08 Å². The topological polar surface area (TPSA) is 29.5 Å². The van der Waals surface area contributed by atoms with Crippen molar-refractivity contribution in [2.24, 2.45) is 0 Å². The molecule has 2 nitrogen and oxygen atoms in total. The van der Waals surface area contributed by atoms with Crippen molar-refractivity contribution in [1.29, 1.82) is 0 Å². The largest absolute Gasteiger partial charge is 0.393 e. The highest BCUT2D eigenvalue weighted by atomic mass is 16.5. The van der Waals surface area contributed by atoms with E-state index in [2.05, 4.69) is 6.58 Å². The van der Waals surface area contributed by atoms with Gasteiger partial charge in [0.2, 0.25) is 0 Å². The summed E-state index contributed by atoms with van der Waals surface area (Å²) in [5.74, 6) is 0. The Balaban J connectivity index is 2.24. The molecule has 0 bridgehead atoms. The molecule has 0 aromatic heterocycles. The second-order valence-electron chi connectivity index (χ2n) is 3.19. The number of hydrogen-bond acceptors (Lipinski definition) is 2. The summed E-state index contributed by atoms with van der Waals surface area (Å²) in [5.41, 5.74) is 0. The minimum Gasteiger partial charge on any atom is -0.393 e. The fraction of sp³-hybridized carbons (Fsp3) is 0.778. The van der Waals surface area contributed by atoms with E-state index < -0.39 is 0 Å². The van der Waals surface area contributed by atoms with Crippen molar-refractivity contribution in [3.8, 4) is 0 Å². The second kappa shape index (κ2) is 3.88. The molecule has 1 fully saturated rings. The first-order valence-corrected chi connectivity index (χ1v) is 4.18. The Morgan fingerprint density at radius 2 is 2.45 bits per heavy atom. The normalized spacial score (nSPS) is 33.6. The van der Waals surface area contributed by atoms with Crippen LogP contribution in [0, 0.1) is 0 Å². The van der Waals surface area contributed by atoms with E-state index in [1.807, 2.05) is 6.08 Å². The molecule has 1 N–H and O–H groups in total. The average Bonchev–Trinajstić information content (AvgIpc) is 2.34. The van der Waals surface area contributed by atoms with Crippen LogP contribution in [-0.2, 0) is 4.74 Å². The molecule has 1 saturated heterocycles. The van der Waals surface area contributed by atoms with Crippen LogP contribution in [0.3, 0.4) is 0 Å². The van der Waals surface area contributed by atoms with E-state index in [0.29, 0.717) is 0 Å². The number of ether oxygens (including phenoxy) is 1. The van der Waals surface area contributed by atoms with Crippen LogP contribution in [0.4, 0.5) is 0 Å². The van der Waals surface area contributed by atoms with Crippen molar-refractivity contribution >= 4 is 0 Å².